The van der Waals surface area contributed by atoms with Gasteiger partial charge in [-0.3, -0.25) is 4.90 Å². The minimum absolute atomic E-state index is 0.298. The molecule has 2 atom stereocenters. The van der Waals surface area contributed by atoms with Crippen LogP contribution in [0.1, 0.15) is 26.2 Å². The zero-order chi connectivity index (χ0) is 12.5. The van der Waals surface area contributed by atoms with Gasteiger partial charge in [-0.25, -0.2) is 12.7 Å². The van der Waals surface area contributed by atoms with Crippen LogP contribution in [0.2, 0.25) is 0 Å². The molecule has 2 aliphatic rings. The number of hydrogen-bond acceptors (Lipinski definition) is 4. The van der Waals surface area contributed by atoms with E-state index in [1.165, 1.54) is 6.42 Å². The van der Waals surface area contributed by atoms with Crippen molar-refractivity contribution in [1.82, 2.24) is 9.21 Å². The Morgan fingerprint density at radius 3 is 2.71 bits per heavy atom. The minimum Gasteiger partial charge on any atom is -0.395 e. The number of aliphatic hydroxyl groups excluding tert-OH is 1. The highest BCUT2D eigenvalue weighted by molar-refractivity contribution is 7.89. The van der Waals surface area contributed by atoms with Gasteiger partial charge in [0.1, 0.15) is 0 Å². The number of aliphatic hydroxyl groups is 1. The van der Waals surface area contributed by atoms with Gasteiger partial charge in [0, 0.05) is 19.1 Å². The Kier molecular flexibility index (Phi) is 4.07. The van der Waals surface area contributed by atoms with Gasteiger partial charge in [0.05, 0.1) is 11.9 Å². The van der Waals surface area contributed by atoms with Crippen LogP contribution >= 0.6 is 0 Å². The predicted octanol–water partition coefficient (Wildman–Crippen LogP) is -0.133. The maximum atomic E-state index is 12.2. The fourth-order valence-electron chi connectivity index (χ4n) is 2.75. The highest BCUT2D eigenvalue weighted by atomic mass is 32.2. The van der Waals surface area contributed by atoms with E-state index in [0.717, 1.165) is 25.9 Å². The molecule has 0 aliphatic carbocycles. The Bertz CT molecular complexity index is 358. The monoisotopic (exact) mass is 262 g/mol. The Morgan fingerprint density at radius 1 is 1.29 bits per heavy atom. The number of hydrogen-bond donors (Lipinski definition) is 1. The number of sulfonamides is 1. The molecule has 0 bridgehead atoms. The van der Waals surface area contributed by atoms with Crippen LogP contribution in [0.3, 0.4) is 0 Å². The zero-order valence-corrected chi connectivity index (χ0v) is 11.2. The van der Waals surface area contributed by atoms with E-state index in [0.29, 0.717) is 19.1 Å². The molecule has 0 radical (unpaired) electrons. The molecular weight excluding hydrogens is 240 g/mol. The van der Waals surface area contributed by atoms with Crippen molar-refractivity contribution in [1.29, 1.82) is 0 Å². The Labute approximate surface area is 103 Å². The number of rotatable bonds is 3. The Balaban J connectivity index is 2.11. The first-order chi connectivity index (χ1) is 8.05. The average Bonchev–Trinajstić information content (AvgIpc) is 2.65. The molecule has 2 rings (SSSR count). The summed E-state index contributed by atoms with van der Waals surface area (Å²) in [6.07, 6.45) is 3.17. The summed E-state index contributed by atoms with van der Waals surface area (Å²) in [4.78, 5) is 2.40. The third kappa shape index (κ3) is 2.65. The zero-order valence-electron chi connectivity index (χ0n) is 10.4. The van der Waals surface area contributed by atoms with Crippen molar-refractivity contribution < 1.29 is 13.5 Å². The van der Waals surface area contributed by atoms with E-state index in [1.54, 1.807) is 11.2 Å². The van der Waals surface area contributed by atoms with Crippen molar-refractivity contribution in [3.05, 3.63) is 0 Å². The molecule has 2 aliphatic heterocycles. The Hall–Kier alpha value is -0.170. The largest absolute Gasteiger partial charge is 0.395 e. The molecule has 17 heavy (non-hydrogen) atoms. The molecule has 0 amide bonds. The first kappa shape index (κ1) is 13.3. The predicted molar refractivity (Wildman–Crippen MR) is 66.3 cm³/mol. The van der Waals surface area contributed by atoms with Crippen molar-refractivity contribution in [3.8, 4) is 0 Å². The van der Waals surface area contributed by atoms with Gasteiger partial charge in [0.2, 0.25) is 10.0 Å². The second kappa shape index (κ2) is 5.22. The van der Waals surface area contributed by atoms with Crippen molar-refractivity contribution in [3.63, 3.8) is 0 Å². The van der Waals surface area contributed by atoms with Crippen LogP contribution < -0.4 is 0 Å². The fourth-order valence-corrected chi connectivity index (χ4v) is 4.21. The summed E-state index contributed by atoms with van der Waals surface area (Å²) in [6.45, 7) is 4.59. The normalized spacial score (nSPS) is 29.9. The van der Waals surface area contributed by atoms with Gasteiger partial charge in [-0.1, -0.05) is 0 Å². The van der Waals surface area contributed by atoms with Crippen LogP contribution in [0.25, 0.3) is 0 Å². The number of fused-ring (bicyclic) bond motifs is 1. The lowest BCUT2D eigenvalue weighted by molar-refractivity contribution is 0.254. The minimum atomic E-state index is -3.32. The van der Waals surface area contributed by atoms with E-state index in [4.69, 9.17) is 5.11 Å². The maximum Gasteiger partial charge on any atom is 0.219 e. The van der Waals surface area contributed by atoms with Gasteiger partial charge in [-0.2, -0.15) is 0 Å². The average molecular weight is 262 g/mol. The lowest BCUT2D eigenvalue weighted by Crippen LogP contribution is -2.43. The van der Waals surface area contributed by atoms with E-state index < -0.39 is 15.3 Å². The van der Waals surface area contributed by atoms with Crippen LogP contribution in [-0.4, -0.2) is 66.8 Å². The third-order valence-electron chi connectivity index (χ3n) is 3.89. The molecule has 2 fully saturated rings. The molecule has 5 nitrogen and oxygen atoms in total. The molecule has 2 saturated heterocycles. The standard InChI is InChI=1S/C11H22N2O3S/c1-10(9-14)17(15,16)13-7-3-6-12-5-2-4-11(12)8-13/h10-11,14H,2-9H2,1H3. The molecule has 0 aromatic heterocycles. The lowest BCUT2D eigenvalue weighted by atomic mass is 10.2. The molecule has 100 valence electrons. The Morgan fingerprint density at radius 2 is 2.00 bits per heavy atom. The van der Waals surface area contributed by atoms with Crippen LogP contribution in [-0.2, 0) is 10.0 Å². The summed E-state index contributed by atoms with van der Waals surface area (Å²) in [5, 5.41) is 8.36. The summed E-state index contributed by atoms with van der Waals surface area (Å²) in [5.41, 5.74) is 0. The molecule has 0 saturated carbocycles. The van der Waals surface area contributed by atoms with E-state index in [9.17, 15) is 8.42 Å². The van der Waals surface area contributed by atoms with Crippen LogP contribution in [0, 0.1) is 0 Å². The highest BCUT2D eigenvalue weighted by Crippen LogP contribution is 2.23. The van der Waals surface area contributed by atoms with Gasteiger partial charge in [0.15, 0.2) is 0 Å². The summed E-state index contributed by atoms with van der Waals surface area (Å²) in [5.74, 6) is 0. The quantitative estimate of drug-likeness (QED) is 0.769. The molecule has 1 N–H and O–H groups in total. The summed E-state index contributed by atoms with van der Waals surface area (Å²) in [7, 11) is -3.32. The molecular formula is C11H22N2O3S. The topological polar surface area (TPSA) is 60.9 Å². The fraction of sp³-hybridized carbons (Fsp3) is 1.00. The van der Waals surface area contributed by atoms with Crippen molar-refractivity contribution in [2.75, 3.05) is 32.8 Å². The van der Waals surface area contributed by atoms with Gasteiger partial charge in [0.25, 0.3) is 0 Å². The van der Waals surface area contributed by atoms with Crippen LogP contribution in [0.4, 0.5) is 0 Å². The van der Waals surface area contributed by atoms with E-state index in [1.807, 2.05) is 0 Å². The van der Waals surface area contributed by atoms with E-state index in [2.05, 4.69) is 4.90 Å². The molecule has 0 aromatic carbocycles. The summed E-state index contributed by atoms with van der Waals surface area (Å²) >= 11 is 0. The van der Waals surface area contributed by atoms with Gasteiger partial charge in [-0.15, -0.1) is 0 Å². The molecule has 2 unspecified atom stereocenters. The summed E-state index contributed by atoms with van der Waals surface area (Å²) < 4.78 is 26.0. The van der Waals surface area contributed by atoms with E-state index >= 15 is 0 Å². The smallest absolute Gasteiger partial charge is 0.219 e. The number of nitrogens with zero attached hydrogens (tertiary/aromatic N) is 2. The second-order valence-electron chi connectivity index (χ2n) is 5.08. The summed E-state index contributed by atoms with van der Waals surface area (Å²) in [6, 6.07) is 0.387. The maximum absolute atomic E-state index is 12.2. The third-order valence-corrected chi connectivity index (χ3v) is 6.11. The van der Waals surface area contributed by atoms with E-state index in [-0.39, 0.29) is 6.61 Å². The molecule has 0 spiro atoms. The van der Waals surface area contributed by atoms with Crippen molar-refractivity contribution in [2.45, 2.75) is 37.5 Å². The molecule has 2 heterocycles. The highest BCUT2D eigenvalue weighted by Gasteiger charge is 2.35. The van der Waals surface area contributed by atoms with Crippen molar-refractivity contribution >= 4 is 10.0 Å². The van der Waals surface area contributed by atoms with Gasteiger partial charge < -0.3 is 5.11 Å². The van der Waals surface area contributed by atoms with Crippen LogP contribution in [0.15, 0.2) is 0 Å². The lowest BCUT2D eigenvalue weighted by Gasteiger charge is -2.27. The first-order valence-corrected chi connectivity index (χ1v) is 7.90. The van der Waals surface area contributed by atoms with Gasteiger partial charge in [-0.05, 0) is 39.3 Å². The molecule has 6 heteroatoms. The SMILES string of the molecule is CC(CO)S(=O)(=O)N1CCCN2CCCC2C1. The first-order valence-electron chi connectivity index (χ1n) is 6.39. The van der Waals surface area contributed by atoms with Gasteiger partial charge >= 0.3 is 0 Å². The van der Waals surface area contributed by atoms with Crippen molar-refractivity contribution in [2.24, 2.45) is 0 Å². The van der Waals surface area contributed by atoms with Crippen LogP contribution in [0.5, 0.6) is 0 Å². The molecule has 0 aromatic rings. The second-order valence-corrected chi connectivity index (χ2v) is 7.43.